The molecule has 4 nitrogen and oxygen atoms in total. The molecule has 0 aromatic heterocycles. The minimum atomic E-state index is -0.149. The summed E-state index contributed by atoms with van der Waals surface area (Å²) >= 11 is 6.00. The summed E-state index contributed by atoms with van der Waals surface area (Å²) in [4.78, 5) is 11.9. The van der Waals surface area contributed by atoms with Crippen LogP contribution in [0.3, 0.4) is 0 Å². The second kappa shape index (κ2) is 6.95. The normalized spacial score (nSPS) is 12.9. The predicted octanol–water partition coefficient (Wildman–Crippen LogP) is 3.44. The monoisotopic (exact) mass is 298 g/mol. The van der Waals surface area contributed by atoms with Crippen LogP contribution in [-0.2, 0) is 4.79 Å². The van der Waals surface area contributed by atoms with Crippen molar-refractivity contribution in [3.8, 4) is 5.75 Å². The molecule has 0 aliphatic heterocycles. The van der Waals surface area contributed by atoms with Crippen LogP contribution in [0.15, 0.2) is 18.2 Å². The lowest BCUT2D eigenvalue weighted by atomic mass is 9.87. The van der Waals surface area contributed by atoms with Gasteiger partial charge in [0.1, 0.15) is 5.75 Å². The van der Waals surface area contributed by atoms with Gasteiger partial charge in [0.15, 0.2) is 0 Å². The second-order valence-electron chi connectivity index (χ2n) is 6.13. The maximum Gasteiger partial charge on any atom is 0.225 e. The molecule has 20 heavy (non-hydrogen) atoms. The van der Waals surface area contributed by atoms with Gasteiger partial charge in [0, 0.05) is 18.2 Å². The maximum atomic E-state index is 11.9. The van der Waals surface area contributed by atoms with Crippen molar-refractivity contribution in [3.63, 3.8) is 0 Å². The van der Waals surface area contributed by atoms with Crippen LogP contribution in [0.5, 0.6) is 5.75 Å². The molecular weight excluding hydrogens is 276 g/mol. The van der Waals surface area contributed by atoms with Crippen molar-refractivity contribution in [2.75, 3.05) is 12.4 Å². The Morgan fingerprint density at radius 3 is 2.60 bits per heavy atom. The van der Waals surface area contributed by atoms with Gasteiger partial charge in [-0.05, 0) is 30.0 Å². The lowest BCUT2D eigenvalue weighted by molar-refractivity contribution is -0.116. The van der Waals surface area contributed by atoms with Crippen molar-refractivity contribution < 1.29 is 9.53 Å². The van der Waals surface area contributed by atoms with Crippen LogP contribution >= 0.6 is 11.6 Å². The lowest BCUT2D eigenvalue weighted by Crippen LogP contribution is -2.31. The van der Waals surface area contributed by atoms with Crippen LogP contribution in [0.1, 0.15) is 33.6 Å². The summed E-state index contributed by atoms with van der Waals surface area (Å²) < 4.78 is 5.06. The number of methoxy groups -OCH3 is 1. The summed E-state index contributed by atoms with van der Waals surface area (Å²) in [7, 11) is 1.55. The number of hydrogen-bond donors (Lipinski definition) is 2. The molecule has 0 fully saturated rings. The standard InChI is InChI=1S/C15H23ClN2O2/c1-15(2,3)9-10(17)7-14(19)18-11-5-6-13(20-4)12(16)8-11/h5-6,8,10H,7,9,17H2,1-4H3,(H,18,19). The number of nitrogens with one attached hydrogen (secondary N) is 1. The van der Waals surface area contributed by atoms with Gasteiger partial charge in [0.05, 0.1) is 12.1 Å². The number of halogens is 1. The van der Waals surface area contributed by atoms with Crippen molar-refractivity contribution in [1.29, 1.82) is 0 Å². The Bertz CT molecular complexity index is 469. The molecule has 1 unspecified atom stereocenters. The first-order valence-electron chi connectivity index (χ1n) is 6.60. The zero-order chi connectivity index (χ0) is 15.3. The van der Waals surface area contributed by atoms with E-state index >= 15 is 0 Å². The molecule has 1 amide bonds. The number of rotatable bonds is 5. The summed E-state index contributed by atoms with van der Waals surface area (Å²) in [5, 5.41) is 3.25. The first-order chi connectivity index (χ1) is 9.21. The SMILES string of the molecule is COc1ccc(NC(=O)CC(N)CC(C)(C)C)cc1Cl. The average Bonchev–Trinajstić information content (AvgIpc) is 2.25. The van der Waals surface area contributed by atoms with Crippen LogP contribution < -0.4 is 15.8 Å². The van der Waals surface area contributed by atoms with Gasteiger partial charge in [-0.2, -0.15) is 0 Å². The molecule has 112 valence electrons. The lowest BCUT2D eigenvalue weighted by Gasteiger charge is -2.22. The van der Waals surface area contributed by atoms with E-state index < -0.39 is 0 Å². The molecule has 0 spiro atoms. The molecule has 0 saturated carbocycles. The van der Waals surface area contributed by atoms with Crippen molar-refractivity contribution in [2.45, 2.75) is 39.7 Å². The molecule has 0 radical (unpaired) electrons. The van der Waals surface area contributed by atoms with E-state index in [4.69, 9.17) is 22.1 Å². The van der Waals surface area contributed by atoms with Gasteiger partial charge in [-0.1, -0.05) is 32.4 Å². The molecule has 0 aliphatic carbocycles. The van der Waals surface area contributed by atoms with E-state index in [2.05, 4.69) is 26.1 Å². The molecule has 0 bridgehead atoms. The van der Waals surface area contributed by atoms with Crippen LogP contribution in [0.4, 0.5) is 5.69 Å². The Morgan fingerprint density at radius 2 is 2.10 bits per heavy atom. The number of ether oxygens (including phenoxy) is 1. The van der Waals surface area contributed by atoms with E-state index in [9.17, 15) is 4.79 Å². The average molecular weight is 299 g/mol. The minimum absolute atomic E-state index is 0.108. The first-order valence-corrected chi connectivity index (χ1v) is 6.98. The fourth-order valence-corrected chi connectivity index (χ4v) is 2.31. The van der Waals surface area contributed by atoms with Crippen molar-refractivity contribution >= 4 is 23.2 Å². The van der Waals surface area contributed by atoms with Gasteiger partial charge in [-0.3, -0.25) is 4.79 Å². The van der Waals surface area contributed by atoms with E-state index in [0.29, 0.717) is 22.9 Å². The van der Waals surface area contributed by atoms with Crippen molar-refractivity contribution in [1.82, 2.24) is 0 Å². The number of anilines is 1. The molecule has 1 atom stereocenters. The van der Waals surface area contributed by atoms with Crippen molar-refractivity contribution in [2.24, 2.45) is 11.1 Å². The van der Waals surface area contributed by atoms with Crippen LogP contribution in [-0.4, -0.2) is 19.1 Å². The summed E-state index contributed by atoms with van der Waals surface area (Å²) in [5.74, 6) is 0.470. The smallest absolute Gasteiger partial charge is 0.225 e. The highest BCUT2D eigenvalue weighted by atomic mass is 35.5. The highest BCUT2D eigenvalue weighted by molar-refractivity contribution is 6.32. The topological polar surface area (TPSA) is 64.3 Å². The van der Waals surface area contributed by atoms with Gasteiger partial charge >= 0.3 is 0 Å². The van der Waals surface area contributed by atoms with E-state index in [1.807, 2.05) is 0 Å². The van der Waals surface area contributed by atoms with Crippen LogP contribution in [0, 0.1) is 5.41 Å². The molecule has 5 heteroatoms. The Morgan fingerprint density at radius 1 is 1.45 bits per heavy atom. The van der Waals surface area contributed by atoms with Gasteiger partial charge in [-0.25, -0.2) is 0 Å². The zero-order valence-electron chi connectivity index (χ0n) is 12.5. The number of hydrogen-bond acceptors (Lipinski definition) is 3. The highest BCUT2D eigenvalue weighted by Crippen LogP contribution is 2.27. The molecule has 3 N–H and O–H groups in total. The quantitative estimate of drug-likeness (QED) is 0.875. The van der Waals surface area contributed by atoms with Gasteiger partial charge < -0.3 is 15.8 Å². The van der Waals surface area contributed by atoms with Crippen LogP contribution in [0.2, 0.25) is 5.02 Å². The van der Waals surface area contributed by atoms with Crippen LogP contribution in [0.25, 0.3) is 0 Å². The molecule has 1 rings (SSSR count). The third-order valence-corrected chi connectivity index (χ3v) is 3.05. The summed E-state index contributed by atoms with van der Waals surface area (Å²) in [5.41, 5.74) is 6.74. The number of carbonyl (C=O) groups excluding carboxylic acids is 1. The van der Waals surface area contributed by atoms with E-state index in [1.54, 1.807) is 25.3 Å². The number of amides is 1. The molecule has 1 aromatic carbocycles. The largest absolute Gasteiger partial charge is 0.495 e. The van der Waals surface area contributed by atoms with Gasteiger partial charge in [-0.15, -0.1) is 0 Å². The molecule has 0 heterocycles. The second-order valence-corrected chi connectivity index (χ2v) is 6.53. The molecule has 0 aliphatic rings. The van der Waals surface area contributed by atoms with Gasteiger partial charge in [0.25, 0.3) is 0 Å². The van der Waals surface area contributed by atoms with Gasteiger partial charge in [0.2, 0.25) is 5.91 Å². The molecule has 0 saturated heterocycles. The molecular formula is C15H23ClN2O2. The minimum Gasteiger partial charge on any atom is -0.495 e. The Balaban J connectivity index is 2.56. The third-order valence-electron chi connectivity index (χ3n) is 2.76. The van der Waals surface area contributed by atoms with Crippen molar-refractivity contribution in [3.05, 3.63) is 23.2 Å². The predicted molar refractivity (Wildman–Crippen MR) is 83.3 cm³/mol. The van der Waals surface area contributed by atoms with E-state index in [0.717, 1.165) is 6.42 Å². The van der Waals surface area contributed by atoms with E-state index in [1.165, 1.54) is 0 Å². The fraction of sp³-hybridized carbons (Fsp3) is 0.533. The fourth-order valence-electron chi connectivity index (χ4n) is 2.05. The maximum absolute atomic E-state index is 11.9. The summed E-state index contributed by atoms with van der Waals surface area (Å²) in [6, 6.07) is 4.97. The van der Waals surface area contributed by atoms with E-state index in [-0.39, 0.29) is 17.4 Å². The number of nitrogens with two attached hydrogens (primary N) is 1. The Labute approximate surface area is 125 Å². The Kier molecular flexibility index (Phi) is 5.84. The zero-order valence-corrected chi connectivity index (χ0v) is 13.3. The summed E-state index contributed by atoms with van der Waals surface area (Å²) in [6.07, 6.45) is 1.09. The highest BCUT2D eigenvalue weighted by Gasteiger charge is 2.18. The first kappa shape index (κ1) is 16.8. The Hall–Kier alpha value is -1.26. The number of benzene rings is 1. The number of carbonyl (C=O) groups is 1. The third kappa shape index (κ3) is 5.80. The molecule has 1 aromatic rings. The summed E-state index contributed by atoms with van der Waals surface area (Å²) in [6.45, 7) is 6.32.